The van der Waals surface area contributed by atoms with Crippen LogP contribution in [0.5, 0.6) is 0 Å². The van der Waals surface area contributed by atoms with Crippen LogP contribution in [-0.2, 0) is 6.42 Å². The summed E-state index contributed by atoms with van der Waals surface area (Å²) < 4.78 is 0. The minimum Gasteiger partial charge on any atom is -0.478 e. The second kappa shape index (κ2) is 9.67. The Labute approximate surface area is 161 Å². The van der Waals surface area contributed by atoms with E-state index >= 15 is 0 Å². The van der Waals surface area contributed by atoms with Gasteiger partial charge in [0, 0.05) is 11.1 Å². The normalized spacial score (nSPS) is 11.1. The molecule has 0 aliphatic heterocycles. The number of ketones is 1. The van der Waals surface area contributed by atoms with E-state index in [1.54, 1.807) is 30.3 Å². The molecular formula is C24H26O3. The summed E-state index contributed by atoms with van der Waals surface area (Å²) in [5.41, 5.74) is 4.10. The van der Waals surface area contributed by atoms with Crippen molar-refractivity contribution in [3.05, 3.63) is 94.1 Å². The molecule has 0 atom stereocenters. The molecule has 0 aromatic heterocycles. The lowest BCUT2D eigenvalue weighted by Gasteiger charge is -2.11. The number of hydrogen-bond donors (Lipinski definition) is 1. The van der Waals surface area contributed by atoms with Crippen molar-refractivity contribution in [2.45, 2.75) is 40.0 Å². The van der Waals surface area contributed by atoms with Crippen molar-refractivity contribution in [1.29, 1.82) is 0 Å². The summed E-state index contributed by atoms with van der Waals surface area (Å²) in [6.45, 7) is 6.23. The second-order valence-electron chi connectivity index (χ2n) is 6.91. The van der Waals surface area contributed by atoms with Crippen LogP contribution in [0.1, 0.15) is 65.5 Å². The van der Waals surface area contributed by atoms with Crippen molar-refractivity contribution in [2.24, 2.45) is 0 Å². The Kier molecular flexibility index (Phi) is 7.30. The fourth-order valence-corrected chi connectivity index (χ4v) is 2.93. The number of carbonyl (C=O) groups excluding carboxylic acids is 1. The minimum absolute atomic E-state index is 0.0527. The summed E-state index contributed by atoms with van der Waals surface area (Å²) in [4.78, 5) is 24.7. The van der Waals surface area contributed by atoms with Gasteiger partial charge in [-0.3, -0.25) is 4.79 Å². The predicted octanol–water partition coefficient (Wildman–Crippen LogP) is 5.85. The first kappa shape index (κ1) is 20.4. The third-order valence-corrected chi connectivity index (χ3v) is 4.41. The highest BCUT2D eigenvalue weighted by atomic mass is 16.4. The molecule has 3 nitrogen and oxygen atoms in total. The van der Waals surface area contributed by atoms with Gasteiger partial charge in [-0.2, -0.15) is 0 Å². The standard InChI is InChI=1S/C24H26O3/c1-17(2)9-7-10-18(3)15-16-19-13-8-14-21(24(26)27)22(19)23(25)20-11-5-4-6-12-20/h4-6,8-9,11-15H,7,10,16H2,1-3H3,(H,26,27). The quantitative estimate of drug-likeness (QED) is 0.473. The molecule has 0 fully saturated rings. The fraction of sp³-hybridized carbons (Fsp3) is 0.250. The van der Waals surface area contributed by atoms with E-state index in [4.69, 9.17) is 0 Å². The summed E-state index contributed by atoms with van der Waals surface area (Å²) in [6, 6.07) is 13.9. The SMILES string of the molecule is CC(C)=CCCC(C)=CCc1cccc(C(=O)O)c1C(=O)c1ccccc1. The van der Waals surface area contributed by atoms with Gasteiger partial charge in [0.1, 0.15) is 0 Å². The number of carboxylic acids is 1. The van der Waals surface area contributed by atoms with Gasteiger partial charge in [0.05, 0.1) is 5.56 Å². The number of benzene rings is 2. The highest BCUT2D eigenvalue weighted by molar-refractivity contribution is 6.15. The summed E-state index contributed by atoms with van der Waals surface area (Å²) >= 11 is 0. The number of rotatable bonds is 8. The van der Waals surface area contributed by atoms with Crippen LogP contribution in [0.3, 0.4) is 0 Å². The van der Waals surface area contributed by atoms with Crippen LogP contribution in [0.2, 0.25) is 0 Å². The van der Waals surface area contributed by atoms with Crippen LogP contribution in [0.4, 0.5) is 0 Å². The Hall–Kier alpha value is -2.94. The van der Waals surface area contributed by atoms with Gasteiger partial charge in [-0.05, 0) is 51.7 Å². The molecule has 2 rings (SSSR count). The van der Waals surface area contributed by atoms with Crippen LogP contribution in [0, 0.1) is 0 Å². The number of carbonyl (C=O) groups is 2. The molecule has 0 unspecified atom stereocenters. The van der Waals surface area contributed by atoms with E-state index in [1.807, 2.05) is 12.1 Å². The van der Waals surface area contributed by atoms with Gasteiger partial charge in [-0.15, -0.1) is 0 Å². The molecule has 0 bridgehead atoms. The van der Waals surface area contributed by atoms with E-state index in [-0.39, 0.29) is 16.9 Å². The van der Waals surface area contributed by atoms with E-state index in [0.29, 0.717) is 12.0 Å². The van der Waals surface area contributed by atoms with Crippen LogP contribution >= 0.6 is 0 Å². The highest BCUT2D eigenvalue weighted by Crippen LogP contribution is 2.21. The second-order valence-corrected chi connectivity index (χ2v) is 6.91. The Bertz CT molecular complexity index is 870. The Morgan fingerprint density at radius 2 is 1.63 bits per heavy atom. The van der Waals surface area contributed by atoms with Crippen molar-refractivity contribution in [2.75, 3.05) is 0 Å². The summed E-state index contributed by atoms with van der Waals surface area (Å²) in [6.07, 6.45) is 6.76. The zero-order chi connectivity index (χ0) is 19.8. The third kappa shape index (κ3) is 5.78. The van der Waals surface area contributed by atoms with Crippen LogP contribution in [-0.4, -0.2) is 16.9 Å². The first-order chi connectivity index (χ1) is 12.9. The minimum atomic E-state index is -1.08. The van der Waals surface area contributed by atoms with Crippen molar-refractivity contribution in [3.63, 3.8) is 0 Å². The number of carboxylic acid groups (broad SMARTS) is 1. The largest absolute Gasteiger partial charge is 0.478 e. The van der Waals surface area contributed by atoms with Gasteiger partial charge in [0.25, 0.3) is 0 Å². The maximum atomic E-state index is 13.0. The zero-order valence-electron chi connectivity index (χ0n) is 16.2. The average Bonchev–Trinajstić information content (AvgIpc) is 2.65. The van der Waals surface area contributed by atoms with E-state index in [1.165, 1.54) is 17.2 Å². The fourth-order valence-electron chi connectivity index (χ4n) is 2.93. The monoisotopic (exact) mass is 362 g/mol. The molecule has 27 heavy (non-hydrogen) atoms. The van der Waals surface area contributed by atoms with Crippen molar-refractivity contribution in [1.82, 2.24) is 0 Å². The molecule has 1 N–H and O–H groups in total. The maximum Gasteiger partial charge on any atom is 0.336 e. The molecule has 0 heterocycles. The molecule has 0 saturated heterocycles. The molecule has 2 aromatic rings. The molecule has 0 spiro atoms. The van der Waals surface area contributed by atoms with Gasteiger partial charge < -0.3 is 5.11 Å². The molecule has 0 amide bonds. The Balaban J connectivity index is 2.34. The van der Waals surface area contributed by atoms with Gasteiger partial charge in [-0.25, -0.2) is 4.79 Å². The van der Waals surface area contributed by atoms with Crippen LogP contribution in [0.15, 0.2) is 71.8 Å². The molecule has 0 aliphatic rings. The molecule has 140 valence electrons. The molecule has 3 heteroatoms. The van der Waals surface area contributed by atoms with E-state index in [2.05, 4.69) is 32.9 Å². The average molecular weight is 362 g/mol. The number of hydrogen-bond acceptors (Lipinski definition) is 2. The van der Waals surface area contributed by atoms with Crippen molar-refractivity contribution < 1.29 is 14.7 Å². The van der Waals surface area contributed by atoms with Crippen molar-refractivity contribution >= 4 is 11.8 Å². The lowest BCUT2D eigenvalue weighted by Crippen LogP contribution is -2.13. The lowest BCUT2D eigenvalue weighted by atomic mass is 9.91. The number of allylic oxidation sites excluding steroid dienone is 4. The summed E-state index contributed by atoms with van der Waals surface area (Å²) in [7, 11) is 0. The van der Waals surface area contributed by atoms with E-state index in [0.717, 1.165) is 18.4 Å². The molecule has 0 radical (unpaired) electrons. The first-order valence-electron chi connectivity index (χ1n) is 9.14. The predicted molar refractivity (Wildman–Crippen MR) is 109 cm³/mol. The Morgan fingerprint density at radius 1 is 0.926 bits per heavy atom. The molecule has 2 aromatic carbocycles. The summed E-state index contributed by atoms with van der Waals surface area (Å²) in [5.74, 6) is -1.33. The topological polar surface area (TPSA) is 54.4 Å². The lowest BCUT2D eigenvalue weighted by molar-refractivity contribution is 0.0692. The van der Waals surface area contributed by atoms with Gasteiger partial charge in [0.2, 0.25) is 0 Å². The van der Waals surface area contributed by atoms with Crippen LogP contribution < -0.4 is 0 Å². The van der Waals surface area contributed by atoms with Gasteiger partial charge in [0.15, 0.2) is 5.78 Å². The van der Waals surface area contributed by atoms with Gasteiger partial charge >= 0.3 is 5.97 Å². The Morgan fingerprint density at radius 3 is 2.26 bits per heavy atom. The van der Waals surface area contributed by atoms with Gasteiger partial charge in [-0.1, -0.05) is 65.8 Å². The molecular weight excluding hydrogens is 336 g/mol. The zero-order valence-corrected chi connectivity index (χ0v) is 16.2. The maximum absolute atomic E-state index is 13.0. The highest BCUT2D eigenvalue weighted by Gasteiger charge is 2.21. The molecule has 0 aliphatic carbocycles. The summed E-state index contributed by atoms with van der Waals surface area (Å²) in [5, 5.41) is 9.56. The first-order valence-corrected chi connectivity index (χ1v) is 9.14. The molecule has 0 saturated carbocycles. The smallest absolute Gasteiger partial charge is 0.336 e. The van der Waals surface area contributed by atoms with E-state index < -0.39 is 5.97 Å². The van der Waals surface area contributed by atoms with Crippen molar-refractivity contribution in [3.8, 4) is 0 Å². The third-order valence-electron chi connectivity index (χ3n) is 4.41. The van der Waals surface area contributed by atoms with Crippen LogP contribution in [0.25, 0.3) is 0 Å². The number of aromatic carboxylic acids is 1. The van der Waals surface area contributed by atoms with E-state index in [9.17, 15) is 14.7 Å².